The number of pyridine rings is 1. The quantitative estimate of drug-likeness (QED) is 0.0550. The smallest absolute Gasteiger partial charge is 0.550 e. The molecule has 0 bridgehead atoms. The summed E-state index contributed by atoms with van der Waals surface area (Å²) < 4.78 is 30.0. The molecule has 0 fully saturated rings. The molecule has 10 atom stereocenters. The van der Waals surface area contributed by atoms with Crippen molar-refractivity contribution < 1.29 is 128 Å². The van der Waals surface area contributed by atoms with E-state index in [1.807, 2.05) is 53.7 Å². The van der Waals surface area contributed by atoms with E-state index in [1.54, 1.807) is 31.4 Å². The zero-order valence-electron chi connectivity index (χ0n) is 40.5. The average molecular weight is 944 g/mol. The Labute approximate surface area is 433 Å². The molecule has 5 N–H and O–H groups in total. The number of carbonyl (C=O) groups is 3. The number of hydrogen-bond acceptors (Lipinski definition) is 14. The van der Waals surface area contributed by atoms with E-state index in [1.165, 1.54) is 18.2 Å². The molecule has 0 radical (unpaired) electrons. The van der Waals surface area contributed by atoms with Crippen molar-refractivity contribution in [1.29, 1.82) is 0 Å². The van der Waals surface area contributed by atoms with Crippen LogP contribution in [0.2, 0.25) is 0 Å². The van der Waals surface area contributed by atoms with E-state index in [0.717, 1.165) is 39.2 Å². The maximum absolute atomic E-state index is 13.7. The molecular formula is C49H68FNNa2O13. The van der Waals surface area contributed by atoms with Crippen molar-refractivity contribution in [3.05, 3.63) is 82.5 Å². The summed E-state index contributed by atoms with van der Waals surface area (Å²) in [6.07, 6.45) is 2.67. The van der Waals surface area contributed by atoms with Crippen LogP contribution in [0.1, 0.15) is 135 Å². The summed E-state index contributed by atoms with van der Waals surface area (Å²) >= 11 is 0. The van der Waals surface area contributed by atoms with E-state index < -0.39 is 67.2 Å². The summed E-state index contributed by atoms with van der Waals surface area (Å²) in [4.78, 5) is 38.7. The van der Waals surface area contributed by atoms with Gasteiger partial charge in [0.2, 0.25) is 0 Å². The summed E-state index contributed by atoms with van der Waals surface area (Å²) in [6, 6.07) is 6.20. The number of allylic oxidation sites excluding steroid dienone is 2. The van der Waals surface area contributed by atoms with Gasteiger partial charge in [0, 0.05) is 67.0 Å². The van der Waals surface area contributed by atoms with E-state index in [-0.39, 0.29) is 113 Å². The Morgan fingerprint density at radius 1 is 0.955 bits per heavy atom. The van der Waals surface area contributed by atoms with Gasteiger partial charge in [-0.3, -0.25) is 9.78 Å². The van der Waals surface area contributed by atoms with Gasteiger partial charge >= 0.3 is 65.1 Å². The number of carbonyl (C=O) groups excluding carboxylic acids is 3. The molecule has 0 aliphatic heterocycles. The van der Waals surface area contributed by atoms with Crippen LogP contribution in [0.4, 0.5) is 4.39 Å². The minimum absolute atomic E-state index is 0. The van der Waals surface area contributed by atoms with Gasteiger partial charge in [-0.1, -0.05) is 97.9 Å². The molecule has 17 heteroatoms. The number of rotatable bonds is 21. The van der Waals surface area contributed by atoms with Crippen LogP contribution in [0.15, 0.2) is 54.1 Å². The number of halogens is 1. The van der Waals surface area contributed by atoms with Crippen molar-refractivity contribution in [2.75, 3.05) is 7.11 Å². The normalized spacial score (nSPS) is 22.4. The largest absolute Gasteiger partial charge is 1.00 e. The minimum atomic E-state index is -1.65. The van der Waals surface area contributed by atoms with Crippen LogP contribution < -0.4 is 69.3 Å². The van der Waals surface area contributed by atoms with Gasteiger partial charge in [0.05, 0.1) is 36.5 Å². The second-order valence-electron chi connectivity index (χ2n) is 17.8. The maximum Gasteiger partial charge on any atom is 1.00 e. The molecule has 2 aliphatic rings. The summed E-state index contributed by atoms with van der Waals surface area (Å²) in [5.74, 6) is -3.50. The second-order valence-corrected chi connectivity index (χ2v) is 17.8. The number of aliphatic carboxylic acids is 2. The van der Waals surface area contributed by atoms with Crippen LogP contribution in [-0.2, 0) is 35.2 Å². The number of aliphatic hydroxyl groups excluding tert-OH is 5. The fourth-order valence-corrected chi connectivity index (χ4v) is 8.49. The third-order valence-corrected chi connectivity index (χ3v) is 12.1. The van der Waals surface area contributed by atoms with Crippen LogP contribution >= 0.6 is 0 Å². The number of aromatic nitrogens is 1. The zero-order valence-corrected chi connectivity index (χ0v) is 44.5. The number of benzene rings is 1. The molecular weight excluding hydrogens is 876 g/mol. The summed E-state index contributed by atoms with van der Waals surface area (Å²) in [6.45, 7) is 16.2. The Balaban J connectivity index is 0.000000642. The molecule has 4 rings (SSSR count). The molecule has 3 unspecified atom stereocenters. The average Bonchev–Trinajstić information content (AvgIpc) is 3.19. The fourth-order valence-electron chi connectivity index (χ4n) is 8.49. The monoisotopic (exact) mass is 943 g/mol. The third kappa shape index (κ3) is 17.6. The Bertz CT molecular complexity index is 1960. The molecule has 2 aromatic rings. The molecule has 0 saturated carbocycles. The fraction of sp³-hybridized carbons (Fsp3) is 0.592. The van der Waals surface area contributed by atoms with Crippen LogP contribution in [-0.4, -0.2) is 92.5 Å². The molecule has 0 amide bonds. The van der Waals surface area contributed by atoms with Gasteiger partial charge < -0.3 is 59.5 Å². The maximum atomic E-state index is 13.7. The van der Waals surface area contributed by atoms with E-state index in [4.69, 9.17) is 19.2 Å². The van der Waals surface area contributed by atoms with Gasteiger partial charge in [-0.2, -0.15) is 0 Å². The summed E-state index contributed by atoms with van der Waals surface area (Å²) in [5, 5.41) is 71.5. The first kappa shape index (κ1) is 61.7. The first-order valence-electron chi connectivity index (χ1n) is 22.1. The van der Waals surface area contributed by atoms with Gasteiger partial charge in [-0.15, -0.1) is 0 Å². The number of esters is 1. The molecule has 1 aromatic heterocycles. The number of methoxy groups -OCH3 is 1. The minimum Gasteiger partial charge on any atom is -0.550 e. The van der Waals surface area contributed by atoms with Gasteiger partial charge in [-0.25, -0.2) is 4.39 Å². The van der Waals surface area contributed by atoms with Gasteiger partial charge in [-0.05, 0) is 71.8 Å². The number of nitrogens with zero attached hydrogens (tertiary/aromatic N) is 1. The summed E-state index contributed by atoms with van der Waals surface area (Å²) in [7, 11) is 1.60. The first-order valence-corrected chi connectivity index (χ1v) is 22.1. The van der Waals surface area contributed by atoms with Crippen molar-refractivity contribution in [1.82, 2.24) is 4.98 Å². The molecule has 0 saturated heterocycles. The zero-order chi connectivity index (χ0) is 48.1. The van der Waals surface area contributed by atoms with Crippen molar-refractivity contribution in [3.63, 3.8) is 0 Å². The van der Waals surface area contributed by atoms with E-state index in [0.29, 0.717) is 25.9 Å². The topological polar surface area (TPSA) is 239 Å². The van der Waals surface area contributed by atoms with E-state index >= 15 is 0 Å². The van der Waals surface area contributed by atoms with Gasteiger partial charge in [0.1, 0.15) is 11.9 Å². The van der Waals surface area contributed by atoms with Crippen LogP contribution in [0.25, 0.3) is 17.2 Å². The van der Waals surface area contributed by atoms with E-state index in [2.05, 4.69) is 13.8 Å². The molecule has 1 heterocycles. The van der Waals surface area contributed by atoms with E-state index in [9.17, 15) is 54.5 Å². The number of hydrogen-bond donors (Lipinski definition) is 5. The van der Waals surface area contributed by atoms with Gasteiger partial charge in [0.15, 0.2) is 12.6 Å². The first-order chi connectivity index (χ1) is 30.0. The number of ether oxygens (including phenoxy) is 3. The predicted octanol–water partition coefficient (Wildman–Crippen LogP) is -1.41. The Kier molecular flexibility index (Phi) is 27.1. The number of aliphatic hydroxyl groups is 5. The molecule has 2 aliphatic carbocycles. The van der Waals surface area contributed by atoms with Crippen molar-refractivity contribution in [2.24, 2.45) is 23.2 Å². The number of carboxylic acids is 2. The van der Waals surface area contributed by atoms with Crippen molar-refractivity contribution in [3.8, 4) is 11.1 Å². The third-order valence-electron chi connectivity index (χ3n) is 12.1. The molecule has 1 aromatic carbocycles. The standard InChI is InChI=1S/C26H34FNO5.C23H36O8.2Na/c1-15(2)25-21(11-10-19(29)12-20(30)13-23(31)32)24(17-6-8-18(27)9-7-17)22(14-33-5)26(28-25)16(3)4;1-5-13(2)22(29)30-18-11-16(24)10-15-7-6-14(3)17(23(15,18)4)8-9-20(27)31-21(28)12-19(25)26;;/h6-11,15-16,19-20,29-30H,12-14H2,1-5H3,(H,31,32);6-7,10,13-14,16-18,20-21,24,27-28H,5,8-9,11-12H2,1-4H3,(H,25,26);;/q;;2*+1/p-2/b11-10+;;;/t19-,20-;13-,14-,16+,17-,18?,20?,21?,23-;;/m10../s1. The predicted molar refractivity (Wildman–Crippen MR) is 234 cm³/mol. The number of fused-ring (bicyclic) bond motifs is 1. The number of carboxylic acid groups (broad SMARTS) is 2. The SMILES string of the molecule is CC[C@H](C)C(=O)OC1C[C@H](O)C=C2C=C[C@H](C)[C@H](CCC(O)OC(O)CC(=O)[O-])[C@]21C.COCc1c(C(C)C)nc(C(C)C)c(/C=C/[C@@H](O)C[C@@H](O)CC(=O)[O-])c1-c1ccc(F)cc1.[Na+].[Na+]. The summed E-state index contributed by atoms with van der Waals surface area (Å²) in [5.41, 5.74) is 5.32. The molecule has 0 spiro atoms. The van der Waals surface area contributed by atoms with Crippen molar-refractivity contribution >= 4 is 24.0 Å². The van der Waals surface area contributed by atoms with Crippen LogP contribution in [0.5, 0.6) is 0 Å². The van der Waals surface area contributed by atoms with Crippen LogP contribution in [0.3, 0.4) is 0 Å². The second kappa shape index (κ2) is 29.0. The Hall–Kier alpha value is -2.35. The van der Waals surface area contributed by atoms with Crippen molar-refractivity contribution in [2.45, 2.75) is 156 Å². The van der Waals surface area contributed by atoms with Crippen LogP contribution in [0, 0.1) is 29.0 Å². The molecule has 14 nitrogen and oxygen atoms in total. The Morgan fingerprint density at radius 2 is 1.56 bits per heavy atom. The molecule has 356 valence electrons. The Morgan fingerprint density at radius 3 is 2.11 bits per heavy atom. The van der Waals surface area contributed by atoms with Gasteiger partial charge in [0.25, 0.3) is 0 Å². The molecule has 66 heavy (non-hydrogen) atoms.